The van der Waals surface area contributed by atoms with Crippen molar-refractivity contribution in [3.05, 3.63) is 44.5 Å². The first-order chi connectivity index (χ1) is 10.2. The molecule has 3 N–H and O–H groups in total. The number of aromatic carboxylic acids is 1. The van der Waals surface area contributed by atoms with Crippen LogP contribution in [0.4, 0.5) is 23.2 Å². The number of anilines is 1. The number of benzene rings is 1. The molecule has 0 bridgehead atoms. The number of hydrogen-bond acceptors (Lipinski definition) is 3. The third-order valence-electron chi connectivity index (χ3n) is 2.67. The van der Waals surface area contributed by atoms with E-state index in [9.17, 15) is 22.4 Å². The molecule has 2 aromatic rings. The van der Waals surface area contributed by atoms with Crippen LogP contribution in [0.5, 0.6) is 0 Å². The molecule has 0 aliphatic carbocycles. The number of nitrogens with two attached hydrogens (primary N) is 1. The maximum Gasteiger partial charge on any atom is 0.356 e. The summed E-state index contributed by atoms with van der Waals surface area (Å²) >= 11 is 8.09. The Balaban J connectivity index is 2.90. The van der Waals surface area contributed by atoms with Gasteiger partial charge in [-0.2, -0.15) is 0 Å². The fourth-order valence-electron chi connectivity index (χ4n) is 1.65. The molecule has 0 saturated heterocycles. The van der Waals surface area contributed by atoms with Gasteiger partial charge in [-0.05, 0) is 22.0 Å². The molecule has 2 rings (SSSR count). The van der Waals surface area contributed by atoms with Crippen LogP contribution in [0.3, 0.4) is 0 Å². The number of carboxylic acids is 1. The van der Waals surface area contributed by atoms with Crippen molar-refractivity contribution in [2.24, 2.45) is 0 Å². The van der Waals surface area contributed by atoms with Crippen molar-refractivity contribution in [1.29, 1.82) is 0 Å². The smallest absolute Gasteiger partial charge is 0.356 e. The number of rotatable bonds is 2. The summed E-state index contributed by atoms with van der Waals surface area (Å²) in [5.74, 6) is -7.78. The van der Waals surface area contributed by atoms with E-state index in [0.717, 1.165) is 0 Å². The lowest BCUT2D eigenvalue weighted by Crippen LogP contribution is -2.10. The lowest BCUT2D eigenvalue weighted by molar-refractivity contribution is 0.0690. The second-order valence-electron chi connectivity index (χ2n) is 4.00. The van der Waals surface area contributed by atoms with Gasteiger partial charge in [0.25, 0.3) is 0 Å². The van der Waals surface area contributed by atoms with Crippen LogP contribution in [0.15, 0.2) is 10.5 Å². The summed E-state index contributed by atoms with van der Waals surface area (Å²) in [5, 5.41) is 8.17. The number of carboxylic acid groups (broad SMARTS) is 1. The predicted octanol–water partition coefficient (Wildman–Crippen LogP) is 4.00. The van der Waals surface area contributed by atoms with Crippen LogP contribution in [0.1, 0.15) is 10.5 Å². The summed E-state index contributed by atoms with van der Waals surface area (Å²) in [6.07, 6.45) is 0. The van der Waals surface area contributed by atoms with Gasteiger partial charge < -0.3 is 10.8 Å². The number of aromatic nitrogens is 1. The van der Waals surface area contributed by atoms with Crippen LogP contribution < -0.4 is 5.73 Å². The molecule has 0 unspecified atom stereocenters. The van der Waals surface area contributed by atoms with E-state index in [0.29, 0.717) is 6.07 Å². The van der Waals surface area contributed by atoms with Gasteiger partial charge in [0.15, 0.2) is 23.1 Å². The zero-order valence-electron chi connectivity index (χ0n) is 10.2. The second kappa shape index (κ2) is 5.73. The maximum atomic E-state index is 14.1. The highest BCUT2D eigenvalue weighted by atomic mass is 79.9. The van der Waals surface area contributed by atoms with E-state index in [4.69, 9.17) is 22.4 Å². The van der Waals surface area contributed by atoms with Crippen LogP contribution in [0, 0.1) is 23.3 Å². The summed E-state index contributed by atoms with van der Waals surface area (Å²) in [6.45, 7) is 0. The maximum absolute atomic E-state index is 14.1. The molecule has 0 amide bonds. The average molecular weight is 400 g/mol. The minimum atomic E-state index is -1.75. The lowest BCUT2D eigenvalue weighted by Gasteiger charge is -2.11. The van der Waals surface area contributed by atoms with E-state index in [1.54, 1.807) is 0 Å². The van der Waals surface area contributed by atoms with Gasteiger partial charge in [-0.3, -0.25) is 0 Å². The Morgan fingerprint density at radius 2 is 1.82 bits per heavy atom. The van der Waals surface area contributed by atoms with Crippen LogP contribution in [0.2, 0.25) is 5.02 Å². The average Bonchev–Trinajstić information content (AvgIpc) is 2.44. The number of halogens is 6. The Morgan fingerprint density at radius 3 is 2.36 bits per heavy atom. The Labute approximate surface area is 133 Å². The van der Waals surface area contributed by atoms with Crippen molar-refractivity contribution in [1.82, 2.24) is 4.98 Å². The quantitative estimate of drug-likeness (QED) is 0.455. The van der Waals surface area contributed by atoms with Crippen molar-refractivity contribution < 1.29 is 27.5 Å². The first-order valence-electron chi connectivity index (χ1n) is 5.37. The minimum Gasteiger partial charge on any atom is -0.476 e. The summed E-state index contributed by atoms with van der Waals surface area (Å²) in [7, 11) is 0. The Bertz CT molecular complexity index is 817. The molecule has 0 radical (unpaired) electrons. The van der Waals surface area contributed by atoms with Crippen LogP contribution >= 0.6 is 27.5 Å². The molecule has 1 aromatic heterocycles. The summed E-state index contributed by atoms with van der Waals surface area (Å²) in [4.78, 5) is 14.2. The lowest BCUT2D eigenvalue weighted by atomic mass is 10.1. The molecule has 0 aliphatic rings. The van der Waals surface area contributed by atoms with E-state index in [-0.39, 0.29) is 0 Å². The highest BCUT2D eigenvalue weighted by Gasteiger charge is 2.27. The Hall–Kier alpha value is -1.87. The van der Waals surface area contributed by atoms with E-state index in [2.05, 4.69) is 20.9 Å². The molecule has 22 heavy (non-hydrogen) atoms. The summed E-state index contributed by atoms with van der Waals surface area (Å²) in [5.41, 5.74) is 1.19. The zero-order valence-corrected chi connectivity index (χ0v) is 12.6. The van der Waals surface area contributed by atoms with E-state index in [1.807, 2.05) is 0 Å². The monoisotopic (exact) mass is 398 g/mol. The molecule has 0 spiro atoms. The number of nitrogens with zero attached hydrogens (tertiary/aromatic N) is 1. The number of carbonyl (C=O) groups is 1. The second-order valence-corrected chi connectivity index (χ2v) is 5.23. The number of pyridine rings is 1. The fraction of sp³-hybridized carbons (Fsp3) is 0. The molecular formula is C12H4BrClF4N2O2. The molecular weight excluding hydrogens is 395 g/mol. The SMILES string of the molecule is Nc1c(F)c(-c2c(F)cc(Br)c(F)c2F)nc(C(=O)O)c1Cl. The van der Waals surface area contributed by atoms with Gasteiger partial charge in [0, 0.05) is 0 Å². The highest BCUT2D eigenvalue weighted by Crippen LogP contribution is 2.36. The fourth-order valence-corrected chi connectivity index (χ4v) is 2.23. The first kappa shape index (κ1) is 16.5. The Kier molecular flexibility index (Phi) is 4.30. The molecule has 1 heterocycles. The van der Waals surface area contributed by atoms with E-state index < -0.39 is 61.4 Å². The normalized spacial score (nSPS) is 10.8. The number of nitrogen functional groups attached to an aromatic ring is 1. The topological polar surface area (TPSA) is 76.2 Å². The minimum absolute atomic E-state index is 0.535. The number of hydrogen-bond donors (Lipinski definition) is 2. The molecule has 0 aliphatic heterocycles. The predicted molar refractivity (Wildman–Crippen MR) is 73.6 cm³/mol. The molecule has 4 nitrogen and oxygen atoms in total. The van der Waals surface area contributed by atoms with Gasteiger partial charge in [0.1, 0.15) is 11.5 Å². The standard InChI is InChI=1S/C12H4BrClF4N2O2/c13-2-1-3(15)4(7(17)6(2)16)10-8(18)9(19)5(14)11(20-10)12(21)22/h1H,(H2,19,20)(H,21,22). The van der Waals surface area contributed by atoms with Crippen LogP contribution in [0.25, 0.3) is 11.3 Å². The highest BCUT2D eigenvalue weighted by molar-refractivity contribution is 9.10. The van der Waals surface area contributed by atoms with Crippen molar-refractivity contribution in [2.45, 2.75) is 0 Å². The van der Waals surface area contributed by atoms with Crippen molar-refractivity contribution >= 4 is 39.2 Å². The Morgan fingerprint density at radius 1 is 1.23 bits per heavy atom. The van der Waals surface area contributed by atoms with Gasteiger partial charge in [0.05, 0.1) is 20.7 Å². The van der Waals surface area contributed by atoms with Gasteiger partial charge >= 0.3 is 5.97 Å². The van der Waals surface area contributed by atoms with Crippen molar-refractivity contribution in [3.8, 4) is 11.3 Å². The molecule has 1 aromatic carbocycles. The molecule has 116 valence electrons. The first-order valence-corrected chi connectivity index (χ1v) is 6.55. The zero-order chi connectivity index (χ0) is 16.8. The van der Waals surface area contributed by atoms with Crippen LogP contribution in [-0.4, -0.2) is 16.1 Å². The third kappa shape index (κ3) is 2.50. The summed E-state index contributed by atoms with van der Waals surface area (Å²) < 4.78 is 54.8. The molecule has 0 saturated carbocycles. The summed E-state index contributed by atoms with van der Waals surface area (Å²) in [6, 6.07) is 0.542. The van der Waals surface area contributed by atoms with Gasteiger partial charge in [-0.25, -0.2) is 27.3 Å². The van der Waals surface area contributed by atoms with Crippen molar-refractivity contribution in [2.75, 3.05) is 5.73 Å². The van der Waals surface area contributed by atoms with E-state index in [1.165, 1.54) is 0 Å². The van der Waals surface area contributed by atoms with Gasteiger partial charge in [0.2, 0.25) is 0 Å². The van der Waals surface area contributed by atoms with Gasteiger partial charge in [-0.15, -0.1) is 0 Å². The van der Waals surface area contributed by atoms with Crippen LogP contribution in [-0.2, 0) is 0 Å². The van der Waals surface area contributed by atoms with E-state index >= 15 is 0 Å². The molecule has 0 fully saturated rings. The molecule has 10 heteroatoms. The van der Waals surface area contributed by atoms with Gasteiger partial charge in [-0.1, -0.05) is 11.6 Å². The van der Waals surface area contributed by atoms with Crippen molar-refractivity contribution in [3.63, 3.8) is 0 Å². The largest absolute Gasteiger partial charge is 0.476 e. The molecule has 0 atom stereocenters. The third-order valence-corrected chi connectivity index (χ3v) is 3.63.